The summed E-state index contributed by atoms with van der Waals surface area (Å²) in [6.45, 7) is 6.03. The summed E-state index contributed by atoms with van der Waals surface area (Å²) in [6, 6.07) is 12.2. The van der Waals surface area contributed by atoms with E-state index in [1.807, 2.05) is 51.1 Å². The first kappa shape index (κ1) is 20.8. The maximum Gasteiger partial charge on any atom is 0.407 e. The number of rotatable bonds is 6. The molecule has 1 saturated carbocycles. The lowest BCUT2D eigenvalue weighted by Gasteiger charge is -2.35. The normalized spacial score (nSPS) is 18.4. The van der Waals surface area contributed by atoms with Crippen LogP contribution in [0.5, 0.6) is 0 Å². The molecule has 6 heteroatoms. The van der Waals surface area contributed by atoms with Crippen LogP contribution in [0.2, 0.25) is 0 Å². The summed E-state index contributed by atoms with van der Waals surface area (Å²) in [7, 11) is 0. The van der Waals surface area contributed by atoms with Crippen molar-refractivity contribution in [3.8, 4) is 11.1 Å². The summed E-state index contributed by atoms with van der Waals surface area (Å²) >= 11 is 0. The summed E-state index contributed by atoms with van der Waals surface area (Å²) in [5, 5.41) is 5.86. The minimum atomic E-state index is -0.498. The third-order valence-corrected chi connectivity index (χ3v) is 4.86. The minimum Gasteiger partial charge on any atom is -0.444 e. The average Bonchev–Trinajstić information content (AvgIpc) is 2.64. The van der Waals surface area contributed by atoms with E-state index in [-0.39, 0.29) is 18.0 Å². The Morgan fingerprint density at radius 2 is 1.83 bits per heavy atom. The third-order valence-electron chi connectivity index (χ3n) is 4.86. The summed E-state index contributed by atoms with van der Waals surface area (Å²) in [6.07, 6.45) is 5.26. The Hall–Kier alpha value is -2.89. The highest BCUT2D eigenvalue weighted by Crippen LogP contribution is 2.30. The highest BCUT2D eigenvalue weighted by Gasteiger charge is 2.32. The molecule has 2 amide bonds. The maximum absolute atomic E-state index is 12.3. The zero-order chi connectivity index (χ0) is 20.9. The van der Waals surface area contributed by atoms with Crippen molar-refractivity contribution in [1.82, 2.24) is 15.6 Å². The van der Waals surface area contributed by atoms with Gasteiger partial charge in [0.05, 0.1) is 0 Å². The van der Waals surface area contributed by atoms with Gasteiger partial charge >= 0.3 is 6.09 Å². The summed E-state index contributed by atoms with van der Waals surface area (Å²) in [4.78, 5) is 28.1. The van der Waals surface area contributed by atoms with E-state index in [1.54, 1.807) is 12.4 Å². The van der Waals surface area contributed by atoms with Crippen molar-refractivity contribution >= 4 is 12.0 Å². The Labute approximate surface area is 172 Å². The number of aromatic nitrogens is 1. The highest BCUT2D eigenvalue weighted by atomic mass is 16.6. The molecule has 0 bridgehead atoms. The molecule has 0 aliphatic heterocycles. The number of hydrogen-bond acceptors (Lipinski definition) is 4. The van der Waals surface area contributed by atoms with Gasteiger partial charge in [-0.15, -0.1) is 0 Å². The summed E-state index contributed by atoms with van der Waals surface area (Å²) < 4.78 is 5.26. The van der Waals surface area contributed by atoms with Crippen LogP contribution >= 0.6 is 0 Å². The fraction of sp³-hybridized carbons (Fsp3) is 0.435. The number of ether oxygens (including phenoxy) is 1. The largest absolute Gasteiger partial charge is 0.444 e. The van der Waals surface area contributed by atoms with Crippen molar-refractivity contribution in [3.63, 3.8) is 0 Å². The molecule has 0 radical (unpaired) electrons. The van der Waals surface area contributed by atoms with Gasteiger partial charge in [-0.1, -0.05) is 18.2 Å². The zero-order valence-electron chi connectivity index (χ0n) is 17.3. The molecule has 6 nitrogen and oxygen atoms in total. The van der Waals surface area contributed by atoms with E-state index in [9.17, 15) is 9.59 Å². The smallest absolute Gasteiger partial charge is 0.407 e. The molecule has 154 valence electrons. The number of hydrogen-bond donors (Lipinski definition) is 2. The number of amides is 2. The van der Waals surface area contributed by atoms with E-state index >= 15 is 0 Å². The van der Waals surface area contributed by atoms with E-state index in [0.29, 0.717) is 18.9 Å². The number of nitrogens with zero attached hydrogens (tertiary/aromatic N) is 1. The van der Waals surface area contributed by atoms with Crippen LogP contribution in [-0.4, -0.2) is 28.6 Å². The summed E-state index contributed by atoms with van der Waals surface area (Å²) in [5.74, 6) is 0.345. The molecular formula is C23H29N3O3. The molecule has 1 aromatic heterocycles. The highest BCUT2D eigenvalue weighted by molar-refractivity contribution is 5.76. The second kappa shape index (κ2) is 9.07. The van der Waals surface area contributed by atoms with Crippen LogP contribution in [0, 0.1) is 5.92 Å². The number of pyridine rings is 1. The molecule has 1 aliphatic rings. The monoisotopic (exact) mass is 395 g/mol. The molecule has 0 saturated heterocycles. The first-order chi connectivity index (χ1) is 13.8. The lowest BCUT2D eigenvalue weighted by molar-refractivity contribution is -0.122. The van der Waals surface area contributed by atoms with Gasteiger partial charge in [0.25, 0.3) is 0 Å². The van der Waals surface area contributed by atoms with Gasteiger partial charge in [-0.3, -0.25) is 9.78 Å². The van der Waals surface area contributed by atoms with Gasteiger partial charge in [0.15, 0.2) is 0 Å². The lowest BCUT2D eigenvalue weighted by Crippen LogP contribution is -2.47. The van der Waals surface area contributed by atoms with Crippen LogP contribution in [0.15, 0.2) is 48.8 Å². The van der Waals surface area contributed by atoms with E-state index in [0.717, 1.165) is 29.5 Å². The molecular weight excluding hydrogens is 366 g/mol. The van der Waals surface area contributed by atoms with Crippen molar-refractivity contribution in [2.24, 2.45) is 5.92 Å². The van der Waals surface area contributed by atoms with Gasteiger partial charge < -0.3 is 15.4 Å². The predicted molar refractivity (Wildman–Crippen MR) is 112 cm³/mol. The van der Waals surface area contributed by atoms with Crippen molar-refractivity contribution in [2.75, 3.05) is 0 Å². The fourth-order valence-corrected chi connectivity index (χ4v) is 3.43. The van der Waals surface area contributed by atoms with E-state index in [1.165, 1.54) is 0 Å². The first-order valence-corrected chi connectivity index (χ1v) is 10.0. The minimum absolute atomic E-state index is 0.0417. The number of benzene rings is 1. The van der Waals surface area contributed by atoms with Gasteiger partial charge in [0.1, 0.15) is 5.60 Å². The number of carbonyl (C=O) groups excluding carboxylic acids is 2. The number of carbonyl (C=O) groups is 2. The van der Waals surface area contributed by atoms with Crippen molar-refractivity contribution in [1.29, 1.82) is 0 Å². The van der Waals surface area contributed by atoms with Crippen LogP contribution in [0.25, 0.3) is 11.1 Å². The van der Waals surface area contributed by atoms with Crippen LogP contribution in [0.3, 0.4) is 0 Å². The topological polar surface area (TPSA) is 80.3 Å². The Balaban J connectivity index is 1.39. The van der Waals surface area contributed by atoms with Crippen LogP contribution < -0.4 is 10.6 Å². The molecule has 2 aromatic rings. The maximum atomic E-state index is 12.3. The Kier molecular flexibility index (Phi) is 6.52. The SMILES string of the molecule is CC(C)(C)OC(=O)NC1CC(CC(=O)NCc2cccc(-c3ccncc3)c2)C1. The molecule has 3 rings (SSSR count). The van der Waals surface area contributed by atoms with Crippen molar-refractivity contribution < 1.29 is 14.3 Å². The third kappa shape index (κ3) is 6.59. The van der Waals surface area contributed by atoms with Gasteiger partial charge in [-0.2, -0.15) is 0 Å². The molecule has 29 heavy (non-hydrogen) atoms. The zero-order valence-corrected chi connectivity index (χ0v) is 17.3. The van der Waals surface area contributed by atoms with Crippen LogP contribution in [-0.2, 0) is 16.1 Å². The number of nitrogens with one attached hydrogen (secondary N) is 2. The quantitative estimate of drug-likeness (QED) is 0.773. The Morgan fingerprint density at radius 1 is 1.10 bits per heavy atom. The molecule has 1 aromatic carbocycles. The van der Waals surface area contributed by atoms with Crippen LogP contribution in [0.4, 0.5) is 4.79 Å². The van der Waals surface area contributed by atoms with Crippen molar-refractivity contribution in [3.05, 3.63) is 54.4 Å². The first-order valence-electron chi connectivity index (χ1n) is 10.0. The number of alkyl carbamates (subject to hydrolysis) is 1. The average molecular weight is 396 g/mol. The predicted octanol–water partition coefficient (Wildman–Crippen LogP) is 4.06. The molecule has 1 heterocycles. The molecule has 0 atom stereocenters. The Morgan fingerprint density at radius 3 is 2.52 bits per heavy atom. The van der Waals surface area contributed by atoms with Crippen molar-refractivity contribution in [2.45, 2.75) is 58.2 Å². The summed E-state index contributed by atoms with van der Waals surface area (Å²) in [5.41, 5.74) is 2.77. The van der Waals surface area contributed by atoms with Crippen LogP contribution in [0.1, 0.15) is 45.6 Å². The second-order valence-corrected chi connectivity index (χ2v) is 8.60. The molecule has 2 N–H and O–H groups in total. The fourth-order valence-electron chi connectivity index (χ4n) is 3.43. The van der Waals surface area contributed by atoms with E-state index < -0.39 is 5.60 Å². The Bertz CT molecular complexity index is 840. The lowest BCUT2D eigenvalue weighted by atomic mass is 9.78. The molecule has 0 spiro atoms. The van der Waals surface area contributed by atoms with Gasteiger partial charge in [-0.25, -0.2) is 4.79 Å². The molecule has 0 unspecified atom stereocenters. The van der Waals surface area contributed by atoms with E-state index in [4.69, 9.17) is 4.74 Å². The standard InChI is InChI=1S/C23H29N3O3/c1-23(2,3)29-22(28)26-20-12-17(13-20)14-21(27)25-15-16-5-4-6-19(11-16)18-7-9-24-10-8-18/h4-11,17,20H,12-15H2,1-3H3,(H,25,27)(H,26,28). The van der Waals surface area contributed by atoms with Gasteiger partial charge in [0.2, 0.25) is 5.91 Å². The second-order valence-electron chi connectivity index (χ2n) is 8.60. The van der Waals surface area contributed by atoms with E-state index in [2.05, 4.69) is 21.7 Å². The van der Waals surface area contributed by atoms with Gasteiger partial charge in [-0.05, 0) is 74.4 Å². The molecule has 1 aliphatic carbocycles. The molecule has 1 fully saturated rings. The van der Waals surface area contributed by atoms with Gasteiger partial charge in [0, 0.05) is 31.4 Å².